The minimum atomic E-state index is 0.295. The Morgan fingerprint density at radius 3 is 2.77 bits per heavy atom. The van der Waals surface area contributed by atoms with Crippen LogP contribution >= 0.6 is 0 Å². The van der Waals surface area contributed by atoms with Crippen molar-refractivity contribution in [3.05, 3.63) is 0 Å². The first-order valence-electron chi connectivity index (χ1n) is 5.20. The van der Waals surface area contributed by atoms with Gasteiger partial charge in [-0.05, 0) is 39.9 Å². The Balaban J connectivity index is 2.16. The monoisotopic (exact) mass is 185 g/mol. The summed E-state index contributed by atoms with van der Waals surface area (Å²) in [5, 5.41) is 0. The van der Waals surface area contributed by atoms with Crippen LogP contribution in [0.3, 0.4) is 0 Å². The third-order valence-corrected chi connectivity index (χ3v) is 2.66. The SMILES string of the molecule is CC(N)CN(C)CC1CCN(C)C1. The van der Waals surface area contributed by atoms with Crippen LogP contribution in [0.1, 0.15) is 13.3 Å². The molecule has 0 bridgehead atoms. The average Bonchev–Trinajstić information content (AvgIpc) is 2.33. The Morgan fingerprint density at radius 1 is 1.62 bits per heavy atom. The number of nitrogens with two attached hydrogens (primary N) is 1. The van der Waals surface area contributed by atoms with E-state index < -0.39 is 0 Å². The first kappa shape index (κ1) is 11.0. The third kappa shape index (κ3) is 4.07. The van der Waals surface area contributed by atoms with E-state index in [1.54, 1.807) is 0 Å². The number of hydrogen-bond acceptors (Lipinski definition) is 3. The van der Waals surface area contributed by atoms with Gasteiger partial charge in [-0.2, -0.15) is 0 Å². The molecule has 2 atom stereocenters. The van der Waals surface area contributed by atoms with Gasteiger partial charge in [0, 0.05) is 25.7 Å². The largest absolute Gasteiger partial charge is 0.327 e. The molecule has 0 aromatic carbocycles. The minimum absolute atomic E-state index is 0.295. The van der Waals surface area contributed by atoms with Crippen molar-refractivity contribution < 1.29 is 0 Å². The van der Waals surface area contributed by atoms with Crippen molar-refractivity contribution in [3.8, 4) is 0 Å². The van der Waals surface area contributed by atoms with E-state index in [1.807, 2.05) is 0 Å². The van der Waals surface area contributed by atoms with E-state index in [0.717, 1.165) is 12.5 Å². The van der Waals surface area contributed by atoms with Gasteiger partial charge < -0.3 is 15.5 Å². The molecule has 2 unspecified atom stereocenters. The lowest BCUT2D eigenvalue weighted by atomic mass is 10.1. The zero-order chi connectivity index (χ0) is 9.84. The molecule has 2 N–H and O–H groups in total. The molecule has 0 amide bonds. The van der Waals surface area contributed by atoms with Crippen LogP contribution in [0.25, 0.3) is 0 Å². The van der Waals surface area contributed by atoms with Crippen molar-refractivity contribution in [2.24, 2.45) is 11.7 Å². The van der Waals surface area contributed by atoms with Crippen LogP contribution in [-0.2, 0) is 0 Å². The summed E-state index contributed by atoms with van der Waals surface area (Å²) >= 11 is 0. The van der Waals surface area contributed by atoms with Crippen LogP contribution < -0.4 is 5.73 Å². The zero-order valence-electron chi connectivity index (χ0n) is 9.16. The fraction of sp³-hybridized carbons (Fsp3) is 1.00. The molecule has 1 heterocycles. The first-order chi connectivity index (χ1) is 6.08. The maximum atomic E-state index is 5.74. The van der Waals surface area contributed by atoms with Crippen LogP contribution in [0.5, 0.6) is 0 Å². The fourth-order valence-electron chi connectivity index (χ4n) is 2.18. The molecular formula is C10H23N3. The van der Waals surface area contributed by atoms with Gasteiger partial charge in [-0.3, -0.25) is 0 Å². The molecule has 1 rings (SSSR count). The second-order valence-electron chi connectivity index (χ2n) is 4.62. The predicted octanol–water partition coefficient (Wildman–Crippen LogP) is 0.217. The molecule has 0 aromatic rings. The van der Waals surface area contributed by atoms with Gasteiger partial charge >= 0.3 is 0 Å². The van der Waals surface area contributed by atoms with E-state index in [2.05, 4.69) is 30.8 Å². The van der Waals surface area contributed by atoms with Crippen molar-refractivity contribution in [3.63, 3.8) is 0 Å². The smallest absolute Gasteiger partial charge is 0.0139 e. The number of nitrogens with zero attached hydrogens (tertiary/aromatic N) is 2. The highest BCUT2D eigenvalue weighted by Gasteiger charge is 2.20. The lowest BCUT2D eigenvalue weighted by Gasteiger charge is -2.22. The maximum absolute atomic E-state index is 5.74. The van der Waals surface area contributed by atoms with E-state index >= 15 is 0 Å². The minimum Gasteiger partial charge on any atom is -0.327 e. The highest BCUT2D eigenvalue weighted by molar-refractivity contribution is 4.75. The summed E-state index contributed by atoms with van der Waals surface area (Å²) in [4.78, 5) is 4.76. The highest BCUT2D eigenvalue weighted by Crippen LogP contribution is 2.14. The summed E-state index contributed by atoms with van der Waals surface area (Å²) in [6, 6.07) is 0.295. The molecule has 1 fully saturated rings. The molecule has 1 aliphatic heterocycles. The topological polar surface area (TPSA) is 32.5 Å². The van der Waals surface area contributed by atoms with Crippen molar-refractivity contribution >= 4 is 0 Å². The van der Waals surface area contributed by atoms with E-state index in [-0.39, 0.29) is 0 Å². The molecule has 3 heteroatoms. The van der Waals surface area contributed by atoms with Crippen LogP contribution in [0, 0.1) is 5.92 Å². The molecule has 78 valence electrons. The normalized spacial score (nSPS) is 27.0. The Hall–Kier alpha value is -0.120. The summed E-state index contributed by atoms with van der Waals surface area (Å²) in [5.41, 5.74) is 5.74. The molecule has 1 saturated heterocycles. The Bertz CT molecular complexity index is 147. The molecule has 0 radical (unpaired) electrons. The highest BCUT2D eigenvalue weighted by atomic mass is 15.2. The Kier molecular flexibility index (Phi) is 4.16. The van der Waals surface area contributed by atoms with E-state index in [9.17, 15) is 0 Å². The van der Waals surface area contributed by atoms with E-state index in [1.165, 1.54) is 26.1 Å². The van der Waals surface area contributed by atoms with Gasteiger partial charge in [-0.15, -0.1) is 0 Å². The summed E-state index contributed by atoms with van der Waals surface area (Å²) in [6.45, 7) is 6.79. The van der Waals surface area contributed by atoms with Gasteiger partial charge in [0.15, 0.2) is 0 Å². The summed E-state index contributed by atoms with van der Waals surface area (Å²) in [7, 11) is 4.37. The zero-order valence-corrected chi connectivity index (χ0v) is 9.16. The Morgan fingerprint density at radius 2 is 2.31 bits per heavy atom. The number of hydrogen-bond donors (Lipinski definition) is 1. The van der Waals surface area contributed by atoms with Crippen LogP contribution in [0.4, 0.5) is 0 Å². The lowest BCUT2D eigenvalue weighted by Crippen LogP contribution is -2.36. The van der Waals surface area contributed by atoms with Gasteiger partial charge in [0.1, 0.15) is 0 Å². The van der Waals surface area contributed by atoms with Crippen molar-refractivity contribution in [1.82, 2.24) is 9.80 Å². The third-order valence-electron chi connectivity index (χ3n) is 2.66. The molecular weight excluding hydrogens is 162 g/mol. The molecule has 13 heavy (non-hydrogen) atoms. The van der Waals surface area contributed by atoms with Crippen LogP contribution in [-0.4, -0.2) is 56.1 Å². The second kappa shape index (κ2) is 4.94. The summed E-state index contributed by atoms with van der Waals surface area (Å²) < 4.78 is 0. The molecule has 0 spiro atoms. The molecule has 0 aliphatic carbocycles. The van der Waals surface area contributed by atoms with Crippen molar-refractivity contribution in [1.29, 1.82) is 0 Å². The first-order valence-corrected chi connectivity index (χ1v) is 5.20. The summed E-state index contributed by atoms with van der Waals surface area (Å²) in [5.74, 6) is 0.855. The number of likely N-dealkylation sites (N-methyl/N-ethyl adjacent to an activating group) is 1. The number of rotatable bonds is 4. The average molecular weight is 185 g/mol. The van der Waals surface area contributed by atoms with E-state index in [0.29, 0.717) is 6.04 Å². The standard InChI is InChI=1S/C10H23N3/c1-9(11)6-13(3)8-10-4-5-12(2)7-10/h9-10H,4-8,11H2,1-3H3. The fourth-order valence-corrected chi connectivity index (χ4v) is 2.18. The number of likely N-dealkylation sites (tertiary alicyclic amines) is 1. The van der Waals surface area contributed by atoms with Crippen molar-refractivity contribution in [2.75, 3.05) is 40.3 Å². The maximum Gasteiger partial charge on any atom is 0.0139 e. The quantitative estimate of drug-likeness (QED) is 0.680. The van der Waals surface area contributed by atoms with Gasteiger partial charge in [-0.25, -0.2) is 0 Å². The lowest BCUT2D eigenvalue weighted by molar-refractivity contribution is 0.263. The predicted molar refractivity (Wildman–Crippen MR) is 56.8 cm³/mol. The van der Waals surface area contributed by atoms with Gasteiger partial charge in [0.25, 0.3) is 0 Å². The van der Waals surface area contributed by atoms with Gasteiger partial charge in [0.05, 0.1) is 0 Å². The van der Waals surface area contributed by atoms with Crippen molar-refractivity contribution in [2.45, 2.75) is 19.4 Å². The van der Waals surface area contributed by atoms with E-state index in [4.69, 9.17) is 5.73 Å². The van der Waals surface area contributed by atoms with Gasteiger partial charge in [0.2, 0.25) is 0 Å². The molecule has 3 nitrogen and oxygen atoms in total. The second-order valence-corrected chi connectivity index (χ2v) is 4.62. The molecule has 0 aromatic heterocycles. The Labute approximate surface area is 81.9 Å². The molecule has 1 aliphatic rings. The van der Waals surface area contributed by atoms with Gasteiger partial charge in [-0.1, -0.05) is 0 Å². The van der Waals surface area contributed by atoms with Crippen LogP contribution in [0.15, 0.2) is 0 Å². The molecule has 0 saturated carbocycles. The summed E-state index contributed by atoms with van der Waals surface area (Å²) in [6.07, 6.45) is 1.35. The van der Waals surface area contributed by atoms with Crippen LogP contribution in [0.2, 0.25) is 0 Å².